The number of hydrogen-bond donors (Lipinski definition) is 1. The van der Waals surface area contributed by atoms with Crippen molar-refractivity contribution in [3.63, 3.8) is 0 Å². The first kappa shape index (κ1) is 20.1. The standard InChI is InChI=1S/C25H22O4S/c1-25(2,3)29-19-14-10-16(11-15-19)23(27)22-20-6-4-5-7-21(20)30(28)24(22)17-8-12-18(26)13-9-17/h4-15,26H,1-3H3. The lowest BCUT2D eigenvalue weighted by molar-refractivity contribution is 0.104. The Morgan fingerprint density at radius 2 is 1.57 bits per heavy atom. The van der Waals surface area contributed by atoms with Gasteiger partial charge in [-0.05, 0) is 92.2 Å². The smallest absolute Gasteiger partial charge is 0.199 e. The second-order valence-electron chi connectivity index (χ2n) is 8.08. The van der Waals surface area contributed by atoms with Gasteiger partial charge in [0.15, 0.2) is 15.4 Å². The Hall–Kier alpha value is -3.15. The van der Waals surface area contributed by atoms with Crippen LogP contribution in [0, 0.1) is 0 Å². The minimum atomic E-state index is -1.48. The fourth-order valence-electron chi connectivity index (χ4n) is 3.42. The fourth-order valence-corrected chi connectivity index (χ4v) is 4.95. The summed E-state index contributed by atoms with van der Waals surface area (Å²) in [5.41, 5.74) is 1.25. The number of ether oxygens (including phenoxy) is 1. The topological polar surface area (TPSA) is 69.6 Å². The molecular formula is C25H22O4S. The molecule has 1 atom stereocenters. The number of aromatic hydroxyl groups is 1. The van der Waals surface area contributed by atoms with Gasteiger partial charge in [0.2, 0.25) is 0 Å². The first-order chi connectivity index (χ1) is 14.2. The van der Waals surface area contributed by atoms with Crippen LogP contribution in [0.3, 0.4) is 0 Å². The minimum Gasteiger partial charge on any atom is -0.590 e. The van der Waals surface area contributed by atoms with Gasteiger partial charge in [0.05, 0.1) is 10.9 Å². The number of thiophene rings is 1. The molecule has 0 spiro atoms. The van der Waals surface area contributed by atoms with Crippen molar-refractivity contribution in [3.05, 3.63) is 83.9 Å². The summed E-state index contributed by atoms with van der Waals surface area (Å²) in [4.78, 5) is 14.0. The summed E-state index contributed by atoms with van der Waals surface area (Å²) in [6.45, 7) is 5.89. The molecule has 0 aliphatic rings. The van der Waals surface area contributed by atoms with Crippen LogP contribution in [0.15, 0.2) is 72.8 Å². The molecule has 1 aromatic heterocycles. The molecule has 0 aliphatic carbocycles. The van der Waals surface area contributed by atoms with Crippen LogP contribution in [0.2, 0.25) is 0 Å². The van der Waals surface area contributed by atoms with E-state index in [1.807, 2.05) is 39.0 Å². The molecule has 4 nitrogen and oxygen atoms in total. The van der Waals surface area contributed by atoms with Crippen molar-refractivity contribution in [2.45, 2.75) is 26.4 Å². The molecule has 1 unspecified atom stereocenters. The molecule has 0 fully saturated rings. The molecular weight excluding hydrogens is 396 g/mol. The Labute approximate surface area is 178 Å². The highest BCUT2D eigenvalue weighted by atomic mass is 32.2. The first-order valence-corrected chi connectivity index (χ1v) is 10.8. The van der Waals surface area contributed by atoms with Crippen molar-refractivity contribution in [1.82, 2.24) is 0 Å². The second-order valence-corrected chi connectivity index (χ2v) is 9.47. The molecule has 5 heteroatoms. The third-order valence-corrected chi connectivity index (χ3v) is 6.23. The molecule has 3 aromatic carbocycles. The Morgan fingerprint density at radius 3 is 2.20 bits per heavy atom. The maximum atomic E-state index is 13.5. The van der Waals surface area contributed by atoms with Gasteiger partial charge in [-0.2, -0.15) is 0 Å². The van der Waals surface area contributed by atoms with Crippen molar-refractivity contribution in [1.29, 1.82) is 0 Å². The van der Waals surface area contributed by atoms with Crippen LogP contribution in [0.1, 0.15) is 36.7 Å². The molecule has 0 saturated heterocycles. The summed E-state index contributed by atoms with van der Waals surface area (Å²) >= 11 is 0. The van der Waals surface area contributed by atoms with E-state index in [4.69, 9.17) is 4.74 Å². The molecule has 1 N–H and O–H groups in total. The highest BCUT2D eigenvalue weighted by molar-refractivity contribution is 7.35. The molecule has 30 heavy (non-hydrogen) atoms. The maximum Gasteiger partial charge on any atom is 0.199 e. The number of phenols is 1. The Bertz CT molecular complexity index is 1210. The molecule has 0 aliphatic heterocycles. The number of fused-ring (bicyclic) bond motifs is 1. The first-order valence-electron chi connectivity index (χ1n) is 9.63. The minimum absolute atomic E-state index is 0.114. The zero-order valence-corrected chi connectivity index (χ0v) is 17.8. The van der Waals surface area contributed by atoms with Crippen LogP contribution < -0.4 is 4.74 Å². The summed E-state index contributed by atoms with van der Waals surface area (Å²) in [5.74, 6) is 0.601. The van der Waals surface area contributed by atoms with Gasteiger partial charge >= 0.3 is 0 Å². The monoisotopic (exact) mass is 418 g/mol. The van der Waals surface area contributed by atoms with Gasteiger partial charge in [-0.15, -0.1) is 0 Å². The van der Waals surface area contributed by atoms with Crippen molar-refractivity contribution in [2.24, 2.45) is 0 Å². The quantitative estimate of drug-likeness (QED) is 0.310. The number of benzene rings is 3. The van der Waals surface area contributed by atoms with E-state index in [0.29, 0.717) is 37.4 Å². The van der Waals surface area contributed by atoms with E-state index in [1.54, 1.807) is 42.5 Å². The van der Waals surface area contributed by atoms with Crippen LogP contribution in [0.25, 0.3) is 20.5 Å². The normalized spacial score (nSPS) is 12.2. The second kappa shape index (κ2) is 7.59. The zero-order valence-electron chi connectivity index (χ0n) is 17.0. The Morgan fingerprint density at radius 1 is 0.933 bits per heavy atom. The SMILES string of the molecule is CC(C)(C)Oc1ccc(C(=O)c2c(-c3ccc(O)cc3)[s+]([O-])c3ccccc23)cc1. The van der Waals surface area contributed by atoms with Gasteiger partial charge in [-0.25, -0.2) is 0 Å². The van der Waals surface area contributed by atoms with E-state index in [9.17, 15) is 14.5 Å². The van der Waals surface area contributed by atoms with Crippen molar-refractivity contribution in [2.75, 3.05) is 0 Å². The molecule has 0 radical (unpaired) electrons. The highest BCUT2D eigenvalue weighted by Gasteiger charge is 2.29. The lowest BCUT2D eigenvalue weighted by atomic mass is 9.97. The van der Waals surface area contributed by atoms with Crippen molar-refractivity contribution < 1.29 is 19.2 Å². The van der Waals surface area contributed by atoms with E-state index in [1.165, 1.54) is 12.1 Å². The van der Waals surface area contributed by atoms with Crippen molar-refractivity contribution >= 4 is 26.6 Å². The van der Waals surface area contributed by atoms with Crippen LogP contribution in [-0.2, 0) is 0 Å². The van der Waals surface area contributed by atoms with E-state index < -0.39 is 10.8 Å². The summed E-state index contributed by atoms with van der Waals surface area (Å²) in [5, 5.41) is 10.3. The number of hydrogen-bond acceptors (Lipinski definition) is 4. The van der Waals surface area contributed by atoms with Gasteiger partial charge in [0.25, 0.3) is 0 Å². The molecule has 4 rings (SSSR count). The molecule has 1 heterocycles. The van der Waals surface area contributed by atoms with Gasteiger partial charge in [0.1, 0.15) is 17.1 Å². The van der Waals surface area contributed by atoms with E-state index in [-0.39, 0.29) is 17.1 Å². The largest absolute Gasteiger partial charge is 0.590 e. The van der Waals surface area contributed by atoms with Gasteiger partial charge in [0, 0.05) is 11.1 Å². The van der Waals surface area contributed by atoms with Crippen LogP contribution in [0.5, 0.6) is 11.5 Å². The third-order valence-electron chi connectivity index (χ3n) is 4.67. The molecule has 4 aromatic rings. The summed E-state index contributed by atoms with van der Waals surface area (Å²) in [6.07, 6.45) is 0. The van der Waals surface area contributed by atoms with Crippen LogP contribution in [-0.4, -0.2) is 21.0 Å². The molecule has 0 amide bonds. The summed E-state index contributed by atoms with van der Waals surface area (Å²) < 4.78 is 19.7. The van der Waals surface area contributed by atoms with Gasteiger partial charge < -0.3 is 14.4 Å². The zero-order chi connectivity index (χ0) is 21.5. The van der Waals surface area contributed by atoms with Crippen LogP contribution >= 0.6 is 10.8 Å². The lowest BCUT2D eigenvalue weighted by Gasteiger charge is -2.21. The van der Waals surface area contributed by atoms with E-state index in [2.05, 4.69) is 0 Å². The summed E-state index contributed by atoms with van der Waals surface area (Å²) in [6, 6.07) is 20.7. The van der Waals surface area contributed by atoms with E-state index >= 15 is 0 Å². The van der Waals surface area contributed by atoms with E-state index in [0.717, 1.165) is 0 Å². The average molecular weight is 419 g/mol. The maximum absolute atomic E-state index is 13.5. The van der Waals surface area contributed by atoms with Gasteiger partial charge in [-0.3, -0.25) is 4.79 Å². The number of phenolic OH excluding ortho intramolecular Hbond substituents is 1. The molecule has 0 saturated carbocycles. The Kier molecular flexibility index (Phi) is 5.10. The number of rotatable bonds is 4. The lowest BCUT2D eigenvalue weighted by Crippen LogP contribution is -2.22. The molecule has 0 bridgehead atoms. The fraction of sp³-hybridized carbons (Fsp3) is 0.160. The average Bonchev–Trinajstić information content (AvgIpc) is 3.00. The summed E-state index contributed by atoms with van der Waals surface area (Å²) in [7, 11) is -1.48. The van der Waals surface area contributed by atoms with Crippen molar-refractivity contribution in [3.8, 4) is 21.9 Å². The predicted molar refractivity (Wildman–Crippen MR) is 120 cm³/mol. The number of carbonyl (C=O) groups is 1. The predicted octanol–water partition coefficient (Wildman–Crippen LogP) is 6.35. The van der Waals surface area contributed by atoms with Gasteiger partial charge in [-0.1, -0.05) is 12.1 Å². The van der Waals surface area contributed by atoms with Crippen LogP contribution in [0.4, 0.5) is 0 Å². The molecule has 152 valence electrons. The number of ketones is 1. The number of carbonyl (C=O) groups excluding carboxylic acids is 1. The highest BCUT2D eigenvalue weighted by Crippen LogP contribution is 2.45. The third kappa shape index (κ3) is 3.82. The Balaban J connectivity index is 1.84.